The van der Waals surface area contributed by atoms with Crippen LogP contribution < -0.4 is 10.2 Å². The van der Waals surface area contributed by atoms with Crippen LogP contribution in [-0.2, 0) is 6.54 Å². The largest absolute Gasteiger partial charge is 0.348 e. The molecule has 2 heterocycles. The van der Waals surface area contributed by atoms with Gasteiger partial charge < -0.3 is 10.2 Å². The second-order valence-electron chi connectivity index (χ2n) is 4.83. The molecule has 1 unspecified atom stereocenters. The molecule has 1 fully saturated rings. The molecule has 0 aromatic carbocycles. The summed E-state index contributed by atoms with van der Waals surface area (Å²) in [6.07, 6.45) is 7.38. The predicted molar refractivity (Wildman–Crippen MR) is 74.7 cm³/mol. The number of aromatic nitrogens is 1. The average molecular weight is 253 g/mol. The van der Waals surface area contributed by atoms with Crippen molar-refractivity contribution in [3.8, 4) is 0 Å². The van der Waals surface area contributed by atoms with Gasteiger partial charge in [0.05, 0.1) is 0 Å². The maximum Gasteiger partial charge on any atom is 0.185 e. The zero-order chi connectivity index (χ0) is 12.1. The minimum Gasteiger partial charge on any atom is -0.348 e. The lowest BCUT2D eigenvalue weighted by Crippen LogP contribution is -2.23. The second kappa shape index (κ2) is 6.36. The van der Waals surface area contributed by atoms with E-state index in [1.165, 1.54) is 48.8 Å². The molecule has 0 bridgehead atoms. The molecule has 96 valence electrons. The third-order valence-electron chi connectivity index (χ3n) is 3.59. The van der Waals surface area contributed by atoms with E-state index in [1.807, 2.05) is 24.6 Å². The molecule has 1 aromatic rings. The van der Waals surface area contributed by atoms with Crippen molar-refractivity contribution in [1.82, 2.24) is 10.3 Å². The highest BCUT2D eigenvalue weighted by Crippen LogP contribution is 2.27. The van der Waals surface area contributed by atoms with Crippen molar-refractivity contribution in [1.29, 1.82) is 0 Å². The van der Waals surface area contributed by atoms with Gasteiger partial charge in [0, 0.05) is 30.7 Å². The van der Waals surface area contributed by atoms with Gasteiger partial charge in [0.25, 0.3) is 0 Å². The molecule has 4 heteroatoms. The summed E-state index contributed by atoms with van der Waals surface area (Å²) in [4.78, 5) is 8.36. The molecule has 1 atom stereocenters. The van der Waals surface area contributed by atoms with Gasteiger partial charge in [-0.2, -0.15) is 0 Å². The Bertz CT molecular complexity index is 337. The third kappa shape index (κ3) is 3.42. The molecule has 17 heavy (non-hydrogen) atoms. The summed E-state index contributed by atoms with van der Waals surface area (Å²) in [5.74, 6) is 0.928. The first-order valence-electron chi connectivity index (χ1n) is 6.67. The van der Waals surface area contributed by atoms with Crippen LogP contribution in [0.2, 0.25) is 0 Å². The number of nitrogens with one attached hydrogen (secondary N) is 1. The maximum absolute atomic E-state index is 4.56. The predicted octanol–water partition coefficient (Wildman–Crippen LogP) is 2.88. The van der Waals surface area contributed by atoms with Gasteiger partial charge in [0.2, 0.25) is 0 Å². The Labute approximate surface area is 108 Å². The van der Waals surface area contributed by atoms with Crippen molar-refractivity contribution in [3.63, 3.8) is 0 Å². The first kappa shape index (κ1) is 12.8. The molecule has 0 radical (unpaired) electrons. The van der Waals surface area contributed by atoms with Crippen molar-refractivity contribution >= 4 is 16.5 Å². The fourth-order valence-electron chi connectivity index (χ4n) is 2.46. The lowest BCUT2D eigenvalue weighted by Gasteiger charge is -2.19. The van der Waals surface area contributed by atoms with E-state index < -0.39 is 0 Å². The number of thiazole rings is 1. The van der Waals surface area contributed by atoms with Crippen LogP contribution in [0.3, 0.4) is 0 Å². The van der Waals surface area contributed by atoms with Gasteiger partial charge in [-0.1, -0.05) is 13.3 Å². The first-order valence-corrected chi connectivity index (χ1v) is 7.49. The first-order chi connectivity index (χ1) is 8.33. The van der Waals surface area contributed by atoms with E-state index >= 15 is 0 Å². The van der Waals surface area contributed by atoms with E-state index in [4.69, 9.17) is 0 Å². The number of hydrogen-bond donors (Lipinski definition) is 1. The van der Waals surface area contributed by atoms with Crippen molar-refractivity contribution in [3.05, 3.63) is 11.1 Å². The highest BCUT2D eigenvalue weighted by Gasteiger charge is 2.17. The summed E-state index contributed by atoms with van der Waals surface area (Å²) in [7, 11) is 1.98. The molecule has 1 aliphatic rings. The number of hydrogen-bond acceptors (Lipinski definition) is 4. The number of anilines is 1. The van der Waals surface area contributed by atoms with E-state index in [-0.39, 0.29) is 0 Å². The molecular formula is C13H23N3S. The summed E-state index contributed by atoms with van der Waals surface area (Å²) >= 11 is 1.83. The number of rotatable bonds is 4. The summed E-state index contributed by atoms with van der Waals surface area (Å²) < 4.78 is 0. The van der Waals surface area contributed by atoms with Crippen molar-refractivity contribution in [2.45, 2.75) is 39.2 Å². The number of nitrogens with zero attached hydrogens (tertiary/aromatic N) is 2. The Morgan fingerprint density at radius 2 is 2.35 bits per heavy atom. The van der Waals surface area contributed by atoms with Gasteiger partial charge in [-0.05, 0) is 32.2 Å². The van der Waals surface area contributed by atoms with Crippen molar-refractivity contribution in [2.75, 3.05) is 25.0 Å². The molecule has 3 nitrogen and oxygen atoms in total. The minimum atomic E-state index is 0.928. The van der Waals surface area contributed by atoms with Gasteiger partial charge in [0.1, 0.15) is 0 Å². The summed E-state index contributed by atoms with van der Waals surface area (Å²) in [5, 5.41) is 4.40. The van der Waals surface area contributed by atoms with Crippen LogP contribution in [0.4, 0.5) is 5.13 Å². The fraction of sp³-hybridized carbons (Fsp3) is 0.769. The van der Waals surface area contributed by atoms with Crippen LogP contribution in [0, 0.1) is 5.92 Å². The Kier molecular flexibility index (Phi) is 4.80. The van der Waals surface area contributed by atoms with Crippen LogP contribution in [-0.4, -0.2) is 25.1 Å². The molecule has 2 rings (SSSR count). The van der Waals surface area contributed by atoms with E-state index in [9.17, 15) is 0 Å². The molecule has 1 aromatic heterocycles. The average Bonchev–Trinajstić information content (AvgIpc) is 2.67. The van der Waals surface area contributed by atoms with Gasteiger partial charge in [-0.25, -0.2) is 4.98 Å². The smallest absolute Gasteiger partial charge is 0.185 e. The highest BCUT2D eigenvalue weighted by atomic mass is 32.1. The lowest BCUT2D eigenvalue weighted by molar-refractivity contribution is 0.459. The van der Waals surface area contributed by atoms with Crippen LogP contribution in [0.5, 0.6) is 0 Å². The van der Waals surface area contributed by atoms with E-state index in [2.05, 4.69) is 22.1 Å². The Morgan fingerprint density at radius 3 is 3.12 bits per heavy atom. The van der Waals surface area contributed by atoms with Crippen LogP contribution >= 0.6 is 11.3 Å². The molecule has 0 saturated carbocycles. The second-order valence-corrected chi connectivity index (χ2v) is 5.93. The fourth-order valence-corrected chi connectivity index (χ4v) is 3.44. The minimum absolute atomic E-state index is 0.928. The van der Waals surface area contributed by atoms with Crippen LogP contribution in [0.15, 0.2) is 6.20 Å². The molecule has 0 amide bonds. The molecule has 0 aliphatic carbocycles. The normalized spacial score (nSPS) is 21.5. The molecule has 1 aliphatic heterocycles. The maximum atomic E-state index is 4.56. The van der Waals surface area contributed by atoms with Crippen LogP contribution in [0.25, 0.3) is 0 Å². The summed E-state index contributed by atoms with van der Waals surface area (Å²) in [6.45, 7) is 5.62. The summed E-state index contributed by atoms with van der Waals surface area (Å²) in [6, 6.07) is 0. The zero-order valence-corrected chi connectivity index (χ0v) is 11.7. The molecule has 1 N–H and O–H groups in total. The molecule has 1 saturated heterocycles. The monoisotopic (exact) mass is 253 g/mol. The summed E-state index contributed by atoms with van der Waals surface area (Å²) in [5.41, 5.74) is 0. The lowest BCUT2D eigenvalue weighted by atomic mass is 9.98. The molecular weight excluding hydrogens is 230 g/mol. The Morgan fingerprint density at radius 1 is 1.47 bits per heavy atom. The van der Waals surface area contributed by atoms with E-state index in [0.717, 1.165) is 12.5 Å². The van der Waals surface area contributed by atoms with Crippen molar-refractivity contribution in [2.24, 2.45) is 5.92 Å². The standard InChI is InChI=1S/C13H23N3S/c1-3-11-5-4-7-16(8-6-11)13-15-10-12(17-13)9-14-2/h10-11,14H,3-9H2,1-2H3. The topological polar surface area (TPSA) is 28.2 Å². The Balaban J connectivity index is 1.96. The van der Waals surface area contributed by atoms with E-state index in [0.29, 0.717) is 0 Å². The van der Waals surface area contributed by atoms with Gasteiger partial charge in [0.15, 0.2) is 5.13 Å². The van der Waals surface area contributed by atoms with Crippen LogP contribution in [0.1, 0.15) is 37.5 Å². The highest BCUT2D eigenvalue weighted by molar-refractivity contribution is 7.15. The third-order valence-corrected chi connectivity index (χ3v) is 4.65. The van der Waals surface area contributed by atoms with Crippen molar-refractivity contribution < 1.29 is 0 Å². The van der Waals surface area contributed by atoms with E-state index in [1.54, 1.807) is 0 Å². The molecule has 0 spiro atoms. The van der Waals surface area contributed by atoms with Gasteiger partial charge in [-0.15, -0.1) is 11.3 Å². The van der Waals surface area contributed by atoms with Gasteiger partial charge in [-0.3, -0.25) is 0 Å². The zero-order valence-electron chi connectivity index (χ0n) is 10.9. The quantitative estimate of drug-likeness (QED) is 0.894. The SMILES string of the molecule is CCC1CCCN(c2ncc(CNC)s2)CC1. The van der Waals surface area contributed by atoms with Gasteiger partial charge >= 0.3 is 0 Å². The Hall–Kier alpha value is -0.610.